The van der Waals surface area contributed by atoms with Crippen molar-refractivity contribution in [3.05, 3.63) is 0 Å². The number of rotatable bonds is 4. The Morgan fingerprint density at radius 3 is 2.38 bits per heavy atom. The molecule has 16 heavy (non-hydrogen) atoms. The topological polar surface area (TPSA) is 46.3 Å². The van der Waals surface area contributed by atoms with Gasteiger partial charge in [0.25, 0.3) is 0 Å². The van der Waals surface area contributed by atoms with Crippen molar-refractivity contribution < 1.29 is 4.79 Å². The summed E-state index contributed by atoms with van der Waals surface area (Å²) in [5.41, 5.74) is 5.22. The van der Waals surface area contributed by atoms with Crippen molar-refractivity contribution in [2.24, 2.45) is 17.1 Å². The van der Waals surface area contributed by atoms with Crippen LogP contribution in [0.3, 0.4) is 0 Å². The summed E-state index contributed by atoms with van der Waals surface area (Å²) in [6.45, 7) is 5.17. The zero-order chi connectivity index (χ0) is 12.2. The Kier molecular flexibility index (Phi) is 4.78. The first-order chi connectivity index (χ1) is 7.47. The first kappa shape index (κ1) is 13.5. The van der Waals surface area contributed by atoms with Gasteiger partial charge in [-0.1, -0.05) is 19.3 Å². The van der Waals surface area contributed by atoms with Crippen molar-refractivity contribution in [3.8, 4) is 0 Å². The summed E-state index contributed by atoms with van der Waals surface area (Å²) >= 11 is 0. The highest BCUT2D eigenvalue weighted by molar-refractivity contribution is 5.81. The maximum atomic E-state index is 12.1. The summed E-state index contributed by atoms with van der Waals surface area (Å²) in [4.78, 5) is 14.0. The van der Waals surface area contributed by atoms with E-state index in [2.05, 4.69) is 0 Å². The maximum Gasteiger partial charge on any atom is 0.229 e. The molecule has 1 rings (SSSR count). The van der Waals surface area contributed by atoms with Crippen molar-refractivity contribution in [2.45, 2.75) is 46.0 Å². The fraction of sp³-hybridized carbons (Fsp3) is 0.923. The lowest BCUT2D eigenvalue weighted by Gasteiger charge is -2.32. The molecule has 2 N–H and O–H groups in total. The molecular weight excluding hydrogens is 200 g/mol. The van der Waals surface area contributed by atoms with E-state index < -0.39 is 5.41 Å². The van der Waals surface area contributed by atoms with Gasteiger partial charge in [0.05, 0.1) is 5.41 Å². The highest BCUT2D eigenvalue weighted by Gasteiger charge is 2.30. The smallest absolute Gasteiger partial charge is 0.229 e. The summed E-state index contributed by atoms with van der Waals surface area (Å²) in [6.07, 6.45) is 6.57. The Balaban J connectivity index is 2.44. The van der Waals surface area contributed by atoms with E-state index in [0.717, 1.165) is 6.54 Å². The van der Waals surface area contributed by atoms with Gasteiger partial charge < -0.3 is 10.6 Å². The second-order valence-electron chi connectivity index (χ2n) is 5.78. The van der Waals surface area contributed by atoms with Crippen molar-refractivity contribution in [1.29, 1.82) is 0 Å². The largest absolute Gasteiger partial charge is 0.345 e. The summed E-state index contributed by atoms with van der Waals surface area (Å²) in [5, 5.41) is 0. The fourth-order valence-corrected chi connectivity index (χ4v) is 2.44. The summed E-state index contributed by atoms with van der Waals surface area (Å²) in [7, 11) is 1.91. The normalized spacial score (nSPS) is 18.5. The molecule has 0 saturated heterocycles. The van der Waals surface area contributed by atoms with Gasteiger partial charge in [-0.3, -0.25) is 4.79 Å². The van der Waals surface area contributed by atoms with E-state index in [4.69, 9.17) is 5.73 Å². The number of nitrogens with two attached hydrogens (primary N) is 1. The van der Waals surface area contributed by atoms with Crippen LogP contribution in [-0.2, 0) is 4.79 Å². The van der Waals surface area contributed by atoms with E-state index in [1.165, 1.54) is 32.1 Å². The molecule has 94 valence electrons. The Morgan fingerprint density at radius 1 is 1.31 bits per heavy atom. The van der Waals surface area contributed by atoms with Gasteiger partial charge in [-0.15, -0.1) is 0 Å². The van der Waals surface area contributed by atoms with E-state index in [0.29, 0.717) is 12.5 Å². The molecular formula is C13H26N2O. The average Bonchev–Trinajstić information content (AvgIpc) is 2.29. The van der Waals surface area contributed by atoms with Crippen molar-refractivity contribution in [2.75, 3.05) is 20.1 Å². The molecule has 1 aliphatic carbocycles. The minimum Gasteiger partial charge on any atom is -0.345 e. The number of amides is 1. The van der Waals surface area contributed by atoms with Crippen LogP contribution in [0.25, 0.3) is 0 Å². The van der Waals surface area contributed by atoms with Gasteiger partial charge in [-0.2, -0.15) is 0 Å². The molecule has 0 atom stereocenters. The van der Waals surface area contributed by atoms with E-state index in [1.807, 2.05) is 25.8 Å². The molecule has 1 fully saturated rings. The van der Waals surface area contributed by atoms with Gasteiger partial charge in [0.1, 0.15) is 0 Å². The van der Waals surface area contributed by atoms with Crippen LogP contribution in [0.4, 0.5) is 0 Å². The highest BCUT2D eigenvalue weighted by Crippen LogP contribution is 2.25. The predicted octanol–water partition coefficient (Wildman–Crippen LogP) is 2.01. The second kappa shape index (κ2) is 5.67. The highest BCUT2D eigenvalue weighted by atomic mass is 16.2. The Bertz CT molecular complexity index is 232. The van der Waals surface area contributed by atoms with E-state index in [-0.39, 0.29) is 5.91 Å². The van der Waals surface area contributed by atoms with Gasteiger partial charge >= 0.3 is 0 Å². The molecule has 1 amide bonds. The summed E-state index contributed by atoms with van der Waals surface area (Å²) < 4.78 is 0. The van der Waals surface area contributed by atoms with Crippen LogP contribution in [0.5, 0.6) is 0 Å². The van der Waals surface area contributed by atoms with Crippen molar-refractivity contribution in [3.63, 3.8) is 0 Å². The third kappa shape index (κ3) is 3.48. The van der Waals surface area contributed by atoms with Crippen LogP contribution < -0.4 is 5.73 Å². The van der Waals surface area contributed by atoms with Crippen molar-refractivity contribution in [1.82, 2.24) is 4.90 Å². The van der Waals surface area contributed by atoms with Crippen LogP contribution in [0.1, 0.15) is 46.0 Å². The van der Waals surface area contributed by atoms with Crippen LogP contribution in [0, 0.1) is 11.3 Å². The first-order valence-corrected chi connectivity index (χ1v) is 6.43. The summed E-state index contributed by atoms with van der Waals surface area (Å²) in [6, 6.07) is 0. The average molecular weight is 226 g/mol. The number of hydrogen-bond acceptors (Lipinski definition) is 2. The summed E-state index contributed by atoms with van der Waals surface area (Å²) in [5.74, 6) is 0.886. The quantitative estimate of drug-likeness (QED) is 0.797. The van der Waals surface area contributed by atoms with Gasteiger partial charge in [-0.25, -0.2) is 0 Å². The Morgan fingerprint density at radius 2 is 1.88 bits per heavy atom. The van der Waals surface area contributed by atoms with Crippen LogP contribution in [0.15, 0.2) is 0 Å². The molecule has 0 aliphatic heterocycles. The Hall–Kier alpha value is -0.570. The SMILES string of the molecule is CN(CC1CCCCC1)C(=O)C(C)(C)CN. The third-order valence-corrected chi connectivity index (χ3v) is 3.69. The van der Waals surface area contributed by atoms with Gasteiger partial charge in [0.15, 0.2) is 0 Å². The van der Waals surface area contributed by atoms with Gasteiger partial charge in [0, 0.05) is 20.1 Å². The molecule has 1 aliphatic rings. The zero-order valence-electron chi connectivity index (χ0n) is 11.0. The molecule has 0 bridgehead atoms. The van der Waals surface area contributed by atoms with Gasteiger partial charge in [0.2, 0.25) is 5.91 Å². The molecule has 1 saturated carbocycles. The number of carbonyl (C=O) groups excluding carboxylic acids is 1. The first-order valence-electron chi connectivity index (χ1n) is 6.43. The molecule has 0 aromatic rings. The van der Waals surface area contributed by atoms with Crippen molar-refractivity contribution >= 4 is 5.91 Å². The Labute approximate surface area is 99.4 Å². The lowest BCUT2D eigenvalue weighted by molar-refractivity contribution is -0.139. The second-order valence-corrected chi connectivity index (χ2v) is 5.78. The predicted molar refractivity (Wildman–Crippen MR) is 67.0 cm³/mol. The van der Waals surface area contributed by atoms with Gasteiger partial charge in [-0.05, 0) is 32.6 Å². The molecule has 0 aromatic heterocycles. The molecule has 0 radical (unpaired) electrons. The minimum atomic E-state index is -0.413. The zero-order valence-corrected chi connectivity index (χ0v) is 11.0. The molecule has 3 nitrogen and oxygen atoms in total. The fourth-order valence-electron chi connectivity index (χ4n) is 2.44. The van der Waals surface area contributed by atoms with E-state index in [9.17, 15) is 4.79 Å². The van der Waals surface area contributed by atoms with Crippen LogP contribution in [0.2, 0.25) is 0 Å². The number of carbonyl (C=O) groups is 1. The number of nitrogens with zero attached hydrogens (tertiary/aromatic N) is 1. The molecule has 0 unspecified atom stereocenters. The third-order valence-electron chi connectivity index (χ3n) is 3.69. The van der Waals surface area contributed by atoms with Crippen LogP contribution in [-0.4, -0.2) is 30.9 Å². The van der Waals surface area contributed by atoms with Crippen LogP contribution >= 0.6 is 0 Å². The molecule has 0 spiro atoms. The molecule has 3 heteroatoms. The lowest BCUT2D eigenvalue weighted by atomic mass is 9.87. The minimum absolute atomic E-state index is 0.181. The standard InChI is InChI=1S/C13H26N2O/c1-13(2,10-14)12(16)15(3)9-11-7-5-4-6-8-11/h11H,4-10,14H2,1-3H3. The van der Waals surface area contributed by atoms with E-state index >= 15 is 0 Å². The maximum absolute atomic E-state index is 12.1. The van der Waals surface area contributed by atoms with E-state index in [1.54, 1.807) is 0 Å². The number of hydrogen-bond donors (Lipinski definition) is 1. The molecule has 0 heterocycles. The lowest BCUT2D eigenvalue weighted by Crippen LogP contribution is -2.44. The molecule has 0 aromatic carbocycles. The monoisotopic (exact) mass is 226 g/mol.